The molecule has 0 aromatic carbocycles. The molecule has 0 amide bonds. The van der Waals surface area contributed by atoms with E-state index in [1.54, 1.807) is 0 Å². The van der Waals surface area contributed by atoms with Crippen molar-refractivity contribution in [3.05, 3.63) is 0 Å². The van der Waals surface area contributed by atoms with Gasteiger partial charge >= 0.3 is 0 Å². The molecular formula is C11H20F2O. The van der Waals surface area contributed by atoms with E-state index in [1.165, 1.54) is 13.8 Å². The van der Waals surface area contributed by atoms with Crippen LogP contribution in [0.5, 0.6) is 0 Å². The van der Waals surface area contributed by atoms with Crippen molar-refractivity contribution < 1.29 is 13.6 Å². The fourth-order valence-corrected chi connectivity index (χ4v) is 1.29. The molecule has 0 saturated carbocycles. The second-order valence-electron chi connectivity index (χ2n) is 3.88. The molecule has 0 aromatic rings. The first-order valence-electron chi connectivity index (χ1n) is 5.32. The molecule has 84 valence electrons. The zero-order valence-corrected chi connectivity index (χ0v) is 9.06. The molecule has 3 heteroatoms. The summed E-state index contributed by atoms with van der Waals surface area (Å²) in [4.78, 5) is 11.2. The van der Waals surface area contributed by atoms with Crippen LogP contribution in [0.15, 0.2) is 0 Å². The average Bonchev–Trinajstić information content (AvgIpc) is 2.02. The second kappa shape index (κ2) is 7.89. The van der Waals surface area contributed by atoms with Gasteiger partial charge in [0.25, 0.3) is 0 Å². The van der Waals surface area contributed by atoms with Crippen LogP contribution in [-0.2, 0) is 4.79 Å². The van der Waals surface area contributed by atoms with E-state index in [0.717, 1.165) is 0 Å². The Kier molecular flexibility index (Phi) is 7.63. The predicted molar refractivity (Wildman–Crippen MR) is 53.8 cm³/mol. The monoisotopic (exact) mass is 206 g/mol. The molecule has 14 heavy (non-hydrogen) atoms. The molecule has 0 fully saturated rings. The van der Waals surface area contributed by atoms with E-state index in [2.05, 4.69) is 0 Å². The lowest BCUT2D eigenvalue weighted by Crippen LogP contribution is -2.02. The summed E-state index contributed by atoms with van der Waals surface area (Å²) >= 11 is 0. The Hall–Kier alpha value is -0.470. The van der Waals surface area contributed by atoms with E-state index in [4.69, 9.17) is 0 Å². The first-order valence-corrected chi connectivity index (χ1v) is 5.32. The van der Waals surface area contributed by atoms with E-state index in [1.807, 2.05) is 0 Å². The second-order valence-corrected chi connectivity index (χ2v) is 3.88. The van der Waals surface area contributed by atoms with Gasteiger partial charge in [0.05, 0.1) is 12.3 Å². The van der Waals surface area contributed by atoms with Crippen LogP contribution in [0, 0.1) is 0 Å². The summed E-state index contributed by atoms with van der Waals surface area (Å²) in [5.74, 6) is 0.131. The Morgan fingerprint density at radius 1 is 1.00 bits per heavy atom. The van der Waals surface area contributed by atoms with Crippen LogP contribution in [-0.4, -0.2) is 18.1 Å². The van der Waals surface area contributed by atoms with E-state index in [-0.39, 0.29) is 5.78 Å². The first kappa shape index (κ1) is 13.5. The minimum absolute atomic E-state index is 0.131. The van der Waals surface area contributed by atoms with Gasteiger partial charge in [0, 0.05) is 12.8 Å². The van der Waals surface area contributed by atoms with Gasteiger partial charge in [-0.05, 0) is 39.5 Å². The number of hydrogen-bond donors (Lipinski definition) is 0. The number of carbonyl (C=O) groups excluding carboxylic acids is 1. The lowest BCUT2D eigenvalue weighted by Gasteiger charge is -2.02. The predicted octanol–water partition coefficient (Wildman–Crippen LogP) is 3.61. The van der Waals surface area contributed by atoms with Crippen molar-refractivity contribution in [2.75, 3.05) is 0 Å². The van der Waals surface area contributed by atoms with Crippen molar-refractivity contribution in [3.63, 3.8) is 0 Å². The average molecular weight is 206 g/mol. The maximum atomic E-state index is 12.3. The van der Waals surface area contributed by atoms with Crippen LogP contribution in [0.25, 0.3) is 0 Å². The molecule has 0 rings (SSSR count). The van der Waals surface area contributed by atoms with Crippen LogP contribution in [0.1, 0.15) is 52.4 Å². The summed E-state index contributed by atoms with van der Waals surface area (Å²) in [6.45, 7) is 2.99. The van der Waals surface area contributed by atoms with Crippen LogP contribution in [0.2, 0.25) is 0 Å². The molecule has 0 spiro atoms. The minimum Gasteiger partial charge on any atom is -0.300 e. The van der Waals surface area contributed by atoms with Gasteiger partial charge in [-0.2, -0.15) is 0 Å². The summed E-state index contributed by atoms with van der Waals surface area (Å²) in [5, 5.41) is 0. The van der Waals surface area contributed by atoms with Gasteiger partial charge in [-0.25, -0.2) is 8.78 Å². The fraction of sp³-hybridized carbons (Fsp3) is 0.909. The summed E-state index contributed by atoms with van der Waals surface area (Å²) in [6.07, 6.45) is 1.35. The van der Waals surface area contributed by atoms with Crippen LogP contribution < -0.4 is 0 Å². The van der Waals surface area contributed by atoms with E-state index < -0.39 is 12.3 Å². The molecule has 0 aliphatic heterocycles. The molecule has 0 bridgehead atoms. The number of Topliss-reactive ketones (excluding diaryl/α,β-unsaturated/α-hetero) is 1. The molecule has 0 radical (unpaired) electrons. The number of alkyl halides is 2. The molecule has 0 aromatic heterocycles. The lowest BCUT2D eigenvalue weighted by atomic mass is 10.1. The van der Waals surface area contributed by atoms with E-state index >= 15 is 0 Å². The Morgan fingerprint density at radius 2 is 1.36 bits per heavy atom. The number of hydrogen-bond acceptors (Lipinski definition) is 1. The Morgan fingerprint density at radius 3 is 1.64 bits per heavy atom. The van der Waals surface area contributed by atoms with Gasteiger partial charge in [-0.15, -0.1) is 0 Å². The molecule has 2 atom stereocenters. The molecule has 2 unspecified atom stereocenters. The van der Waals surface area contributed by atoms with Gasteiger partial charge in [0.1, 0.15) is 5.78 Å². The highest BCUT2D eigenvalue weighted by molar-refractivity contribution is 5.78. The molecule has 0 heterocycles. The third-order valence-corrected chi connectivity index (χ3v) is 2.12. The molecule has 0 N–H and O–H groups in total. The summed E-state index contributed by atoms with van der Waals surface area (Å²) in [5.41, 5.74) is 0. The fourth-order valence-electron chi connectivity index (χ4n) is 1.29. The maximum absolute atomic E-state index is 12.3. The molecule has 0 saturated heterocycles. The quantitative estimate of drug-likeness (QED) is 0.593. The topological polar surface area (TPSA) is 17.1 Å². The molecule has 1 nitrogen and oxygen atoms in total. The van der Waals surface area contributed by atoms with Gasteiger partial charge < -0.3 is 0 Å². The Bertz CT molecular complexity index is 139. The third kappa shape index (κ3) is 9.62. The van der Waals surface area contributed by atoms with Crippen molar-refractivity contribution in [3.8, 4) is 0 Å². The van der Waals surface area contributed by atoms with Crippen molar-refractivity contribution >= 4 is 5.78 Å². The first-order chi connectivity index (χ1) is 6.52. The van der Waals surface area contributed by atoms with Crippen LogP contribution >= 0.6 is 0 Å². The number of ketones is 1. The maximum Gasteiger partial charge on any atom is 0.132 e. The van der Waals surface area contributed by atoms with Gasteiger partial charge in [-0.1, -0.05) is 0 Å². The highest BCUT2D eigenvalue weighted by Crippen LogP contribution is 2.09. The third-order valence-electron chi connectivity index (χ3n) is 2.12. The number of carbonyl (C=O) groups is 1. The smallest absolute Gasteiger partial charge is 0.132 e. The van der Waals surface area contributed by atoms with E-state index in [9.17, 15) is 13.6 Å². The van der Waals surface area contributed by atoms with Gasteiger partial charge in [0.2, 0.25) is 0 Å². The SMILES string of the molecule is CC(F)CCCC(=O)CCCC(C)F. The Labute approximate surface area is 84.9 Å². The van der Waals surface area contributed by atoms with Crippen LogP contribution in [0.3, 0.4) is 0 Å². The minimum atomic E-state index is -0.825. The van der Waals surface area contributed by atoms with Crippen molar-refractivity contribution in [1.29, 1.82) is 0 Å². The Balaban J connectivity index is 3.28. The summed E-state index contributed by atoms with van der Waals surface area (Å²) in [7, 11) is 0. The standard InChI is InChI=1S/C11H20F2O/c1-9(12)5-3-7-11(14)8-4-6-10(2)13/h9-10H,3-8H2,1-2H3. The van der Waals surface area contributed by atoms with Gasteiger partial charge in [0.15, 0.2) is 0 Å². The van der Waals surface area contributed by atoms with Crippen molar-refractivity contribution in [2.24, 2.45) is 0 Å². The van der Waals surface area contributed by atoms with Gasteiger partial charge in [-0.3, -0.25) is 4.79 Å². The van der Waals surface area contributed by atoms with Crippen LogP contribution in [0.4, 0.5) is 8.78 Å². The summed E-state index contributed by atoms with van der Waals surface area (Å²) < 4.78 is 24.7. The highest BCUT2D eigenvalue weighted by Gasteiger charge is 2.05. The molecule has 0 aliphatic carbocycles. The van der Waals surface area contributed by atoms with Crippen molar-refractivity contribution in [1.82, 2.24) is 0 Å². The number of rotatable bonds is 8. The van der Waals surface area contributed by atoms with E-state index in [0.29, 0.717) is 38.5 Å². The zero-order valence-electron chi connectivity index (χ0n) is 9.06. The molecular weight excluding hydrogens is 186 g/mol. The lowest BCUT2D eigenvalue weighted by molar-refractivity contribution is -0.119. The van der Waals surface area contributed by atoms with Crippen molar-refractivity contribution in [2.45, 2.75) is 64.7 Å². The largest absolute Gasteiger partial charge is 0.300 e. The highest BCUT2D eigenvalue weighted by atomic mass is 19.1. The molecule has 0 aliphatic rings. The zero-order chi connectivity index (χ0) is 11.0. The number of halogens is 2. The normalized spacial score (nSPS) is 15.1. The summed E-state index contributed by atoms with van der Waals surface area (Å²) in [6, 6.07) is 0.